The number of nitrogens with zero attached hydrogens (tertiary/aromatic N) is 1. The normalized spacial score (nSPS) is 11.0. The van der Waals surface area contributed by atoms with E-state index in [4.69, 9.17) is 26.1 Å². The standard InChI is InChI=1S/C21H20N2O5S/c1-26-17-8-7-13(11-18(17)27-2)9-10-22-21(29)23-12-15-19(24)14-5-3-4-6-16(14)28-20(15)25/h3-8,11-12,24H,9-10H2,1-2H3,(H,22,29)/b23-12+. The first kappa shape index (κ1) is 20.3. The van der Waals surface area contributed by atoms with Crippen LogP contribution in [0.1, 0.15) is 11.1 Å². The Kier molecular flexibility index (Phi) is 6.46. The van der Waals surface area contributed by atoms with E-state index in [0.29, 0.717) is 35.4 Å². The zero-order chi connectivity index (χ0) is 20.8. The minimum atomic E-state index is -0.682. The van der Waals surface area contributed by atoms with Gasteiger partial charge in [-0.25, -0.2) is 9.79 Å². The molecule has 0 saturated heterocycles. The predicted octanol–water partition coefficient (Wildman–Crippen LogP) is 3.05. The number of hydrogen-bond acceptors (Lipinski definition) is 6. The molecule has 0 aliphatic rings. The monoisotopic (exact) mass is 412 g/mol. The fourth-order valence-corrected chi connectivity index (χ4v) is 2.94. The van der Waals surface area contributed by atoms with Crippen LogP contribution < -0.4 is 20.4 Å². The van der Waals surface area contributed by atoms with Gasteiger partial charge in [-0.1, -0.05) is 18.2 Å². The minimum absolute atomic E-state index is 0.0484. The Bertz CT molecular complexity index is 1120. The summed E-state index contributed by atoms with van der Waals surface area (Å²) in [4.78, 5) is 16.1. The molecule has 0 bridgehead atoms. The third kappa shape index (κ3) is 4.72. The van der Waals surface area contributed by atoms with Gasteiger partial charge in [-0.3, -0.25) is 0 Å². The SMILES string of the molecule is COc1ccc(CCNC(=S)/N=C/c2c(O)c3ccccc3oc2=O)cc1OC. The molecule has 1 heterocycles. The molecule has 1 aromatic heterocycles. The lowest BCUT2D eigenvalue weighted by molar-refractivity contribution is 0.354. The van der Waals surface area contributed by atoms with Crippen molar-refractivity contribution < 1.29 is 19.0 Å². The quantitative estimate of drug-likeness (QED) is 0.365. The Labute approximate surface area is 172 Å². The maximum atomic E-state index is 12.1. The van der Waals surface area contributed by atoms with E-state index in [1.165, 1.54) is 6.21 Å². The summed E-state index contributed by atoms with van der Waals surface area (Å²) in [5.74, 6) is 1.14. The van der Waals surface area contributed by atoms with Gasteiger partial charge < -0.3 is 24.3 Å². The van der Waals surface area contributed by atoms with Crippen LogP contribution in [0.4, 0.5) is 0 Å². The molecule has 150 valence electrons. The van der Waals surface area contributed by atoms with E-state index in [9.17, 15) is 9.90 Å². The molecule has 0 aliphatic carbocycles. The topological polar surface area (TPSA) is 93.3 Å². The van der Waals surface area contributed by atoms with E-state index in [0.717, 1.165) is 5.56 Å². The number of rotatable bonds is 6. The van der Waals surface area contributed by atoms with Gasteiger partial charge in [-0.05, 0) is 48.5 Å². The number of methoxy groups -OCH3 is 2. The van der Waals surface area contributed by atoms with Crippen molar-refractivity contribution in [3.63, 3.8) is 0 Å². The summed E-state index contributed by atoms with van der Waals surface area (Å²) in [6, 6.07) is 12.4. The lowest BCUT2D eigenvalue weighted by Gasteiger charge is -2.10. The molecule has 0 atom stereocenters. The second kappa shape index (κ2) is 9.20. The third-order valence-electron chi connectivity index (χ3n) is 4.27. The smallest absolute Gasteiger partial charge is 0.348 e. The van der Waals surface area contributed by atoms with Crippen LogP contribution in [-0.2, 0) is 6.42 Å². The summed E-state index contributed by atoms with van der Waals surface area (Å²) < 4.78 is 15.7. The van der Waals surface area contributed by atoms with Crippen molar-refractivity contribution in [2.75, 3.05) is 20.8 Å². The van der Waals surface area contributed by atoms with Crippen molar-refractivity contribution in [2.45, 2.75) is 6.42 Å². The summed E-state index contributed by atoms with van der Waals surface area (Å²) in [5.41, 5.74) is 0.614. The molecular weight excluding hydrogens is 392 g/mol. The molecule has 3 aromatic rings. The molecule has 0 amide bonds. The second-order valence-corrected chi connectivity index (χ2v) is 6.46. The third-order valence-corrected chi connectivity index (χ3v) is 4.52. The molecule has 2 N–H and O–H groups in total. The fourth-order valence-electron chi connectivity index (χ4n) is 2.78. The lowest BCUT2D eigenvalue weighted by atomic mass is 10.1. The van der Waals surface area contributed by atoms with Crippen LogP contribution in [0.2, 0.25) is 0 Å². The van der Waals surface area contributed by atoms with Crippen molar-refractivity contribution >= 4 is 34.5 Å². The molecule has 0 unspecified atom stereocenters. The van der Waals surface area contributed by atoms with Gasteiger partial charge in [0.05, 0.1) is 19.6 Å². The van der Waals surface area contributed by atoms with E-state index in [2.05, 4.69) is 10.3 Å². The Morgan fingerprint density at radius 1 is 1.21 bits per heavy atom. The van der Waals surface area contributed by atoms with Gasteiger partial charge in [0.2, 0.25) is 0 Å². The fraction of sp³-hybridized carbons (Fsp3) is 0.190. The highest BCUT2D eigenvalue weighted by Gasteiger charge is 2.12. The van der Waals surface area contributed by atoms with Gasteiger partial charge in [0.1, 0.15) is 16.9 Å². The maximum Gasteiger partial charge on any atom is 0.348 e. The number of para-hydroxylation sites is 1. The molecule has 29 heavy (non-hydrogen) atoms. The molecule has 2 aromatic carbocycles. The van der Waals surface area contributed by atoms with E-state index >= 15 is 0 Å². The molecule has 8 heteroatoms. The second-order valence-electron chi connectivity index (χ2n) is 6.08. The van der Waals surface area contributed by atoms with Gasteiger partial charge in [-0.15, -0.1) is 0 Å². The van der Waals surface area contributed by atoms with Crippen molar-refractivity contribution in [2.24, 2.45) is 4.99 Å². The summed E-state index contributed by atoms with van der Waals surface area (Å²) in [6.45, 7) is 0.532. The number of aromatic hydroxyl groups is 1. The van der Waals surface area contributed by atoms with Gasteiger partial charge in [0, 0.05) is 12.8 Å². The Balaban J connectivity index is 1.64. The first-order chi connectivity index (χ1) is 14.0. The number of aliphatic imine (C=N–C) groups is 1. The Hall–Kier alpha value is -3.39. The number of hydrogen-bond donors (Lipinski definition) is 2. The van der Waals surface area contributed by atoms with E-state index < -0.39 is 5.63 Å². The van der Waals surface area contributed by atoms with Crippen molar-refractivity contribution in [1.29, 1.82) is 0 Å². The molecule has 3 rings (SSSR count). The van der Waals surface area contributed by atoms with Crippen molar-refractivity contribution in [1.82, 2.24) is 5.32 Å². The Morgan fingerprint density at radius 3 is 2.72 bits per heavy atom. The molecule has 0 aliphatic heterocycles. The molecule has 0 spiro atoms. The highest BCUT2D eigenvalue weighted by Crippen LogP contribution is 2.27. The van der Waals surface area contributed by atoms with Crippen LogP contribution in [0.15, 0.2) is 56.7 Å². The largest absolute Gasteiger partial charge is 0.506 e. The van der Waals surface area contributed by atoms with Gasteiger partial charge in [0.15, 0.2) is 16.6 Å². The van der Waals surface area contributed by atoms with Crippen LogP contribution in [0.25, 0.3) is 11.0 Å². The summed E-state index contributed by atoms with van der Waals surface area (Å²) in [5, 5.41) is 13.9. The van der Waals surface area contributed by atoms with Gasteiger partial charge in [0.25, 0.3) is 0 Å². The van der Waals surface area contributed by atoms with Gasteiger partial charge in [-0.2, -0.15) is 0 Å². The van der Waals surface area contributed by atoms with Crippen molar-refractivity contribution in [3.8, 4) is 17.2 Å². The predicted molar refractivity (Wildman–Crippen MR) is 116 cm³/mol. The summed E-state index contributed by atoms with van der Waals surface area (Å²) in [6.07, 6.45) is 1.89. The summed E-state index contributed by atoms with van der Waals surface area (Å²) >= 11 is 5.17. The maximum absolute atomic E-state index is 12.1. The minimum Gasteiger partial charge on any atom is -0.506 e. The molecule has 0 radical (unpaired) electrons. The van der Waals surface area contributed by atoms with E-state index in [-0.39, 0.29) is 16.4 Å². The van der Waals surface area contributed by atoms with Crippen LogP contribution in [0.5, 0.6) is 17.2 Å². The van der Waals surface area contributed by atoms with Crippen LogP contribution in [0, 0.1) is 0 Å². The van der Waals surface area contributed by atoms with Crippen molar-refractivity contribution in [3.05, 3.63) is 64.0 Å². The van der Waals surface area contributed by atoms with Gasteiger partial charge >= 0.3 is 5.63 Å². The first-order valence-electron chi connectivity index (χ1n) is 8.81. The number of nitrogens with one attached hydrogen (secondary N) is 1. The molecule has 0 saturated carbocycles. The van der Waals surface area contributed by atoms with Crippen LogP contribution in [0.3, 0.4) is 0 Å². The molecular formula is C21H20N2O5S. The van der Waals surface area contributed by atoms with E-state index in [1.807, 2.05) is 18.2 Å². The number of thiocarbonyl (C=S) groups is 1. The van der Waals surface area contributed by atoms with Crippen LogP contribution >= 0.6 is 12.2 Å². The highest BCUT2D eigenvalue weighted by molar-refractivity contribution is 7.80. The van der Waals surface area contributed by atoms with Crippen LogP contribution in [-0.4, -0.2) is 37.2 Å². The average Bonchev–Trinajstić information content (AvgIpc) is 2.73. The number of fused-ring (bicyclic) bond motifs is 1. The number of benzene rings is 2. The molecule has 0 fully saturated rings. The molecule has 7 nitrogen and oxygen atoms in total. The average molecular weight is 412 g/mol. The van der Waals surface area contributed by atoms with E-state index in [1.54, 1.807) is 38.5 Å². The lowest BCUT2D eigenvalue weighted by Crippen LogP contribution is -2.22. The highest BCUT2D eigenvalue weighted by atomic mass is 32.1. The first-order valence-corrected chi connectivity index (χ1v) is 9.22. The Morgan fingerprint density at radius 2 is 1.97 bits per heavy atom. The zero-order valence-electron chi connectivity index (χ0n) is 16.0. The summed E-state index contributed by atoms with van der Waals surface area (Å²) in [7, 11) is 3.17. The zero-order valence-corrected chi connectivity index (χ0v) is 16.8. The number of ether oxygens (including phenoxy) is 2.